The quantitative estimate of drug-likeness (QED) is 0.844. The Kier molecular flexibility index (Phi) is 4.96. The first-order valence-electron chi connectivity index (χ1n) is 8.31. The van der Waals surface area contributed by atoms with Gasteiger partial charge in [0, 0.05) is 30.8 Å². The molecule has 0 bridgehead atoms. The summed E-state index contributed by atoms with van der Waals surface area (Å²) in [4.78, 5) is 5.99. The van der Waals surface area contributed by atoms with Gasteiger partial charge in [0.25, 0.3) is 0 Å². The number of aliphatic hydroxyl groups is 1. The highest BCUT2D eigenvalue weighted by molar-refractivity contribution is 5.27. The second-order valence-corrected chi connectivity index (χ2v) is 6.60. The molecule has 134 valence electrons. The molecule has 7 heteroatoms. The van der Waals surface area contributed by atoms with Crippen molar-refractivity contribution in [3.8, 4) is 0 Å². The van der Waals surface area contributed by atoms with Crippen molar-refractivity contribution >= 4 is 0 Å². The van der Waals surface area contributed by atoms with Crippen LogP contribution in [0.15, 0.2) is 43.0 Å². The van der Waals surface area contributed by atoms with Gasteiger partial charge in [-0.25, -0.2) is 18.4 Å². The number of benzene rings is 1. The summed E-state index contributed by atoms with van der Waals surface area (Å²) < 4.78 is 29.3. The molecule has 0 spiro atoms. The fraction of sp³-hybridized carbons (Fsp3) is 0.444. The van der Waals surface area contributed by atoms with E-state index in [9.17, 15) is 13.9 Å². The van der Waals surface area contributed by atoms with E-state index < -0.39 is 23.3 Å². The number of hydrogen-bond acceptors (Lipinski definition) is 4. The van der Waals surface area contributed by atoms with Crippen molar-refractivity contribution in [3.05, 3.63) is 60.2 Å². The average Bonchev–Trinajstić information content (AvgIpc) is 3.07. The largest absolute Gasteiger partial charge is 0.381 e. The molecular formula is C18H22F2N4O. The van der Waals surface area contributed by atoms with Crippen molar-refractivity contribution in [2.75, 3.05) is 13.1 Å². The average molecular weight is 348 g/mol. The molecule has 1 aromatic carbocycles. The first-order chi connectivity index (χ1) is 11.9. The Hall–Kier alpha value is -2.12. The summed E-state index contributed by atoms with van der Waals surface area (Å²) in [6, 6.07) is 2.87. The van der Waals surface area contributed by atoms with Gasteiger partial charge in [-0.15, -0.1) is 0 Å². The summed E-state index contributed by atoms with van der Waals surface area (Å²) in [5.41, 5.74) is -0.345. The summed E-state index contributed by atoms with van der Waals surface area (Å²) in [6.07, 6.45) is 4.51. The molecule has 3 rings (SSSR count). The van der Waals surface area contributed by atoms with Gasteiger partial charge in [-0.2, -0.15) is 5.10 Å². The van der Waals surface area contributed by atoms with Crippen molar-refractivity contribution < 1.29 is 13.9 Å². The Morgan fingerprint density at radius 2 is 2.04 bits per heavy atom. The Bertz CT molecular complexity index is 740. The zero-order valence-electron chi connectivity index (χ0n) is 14.2. The zero-order chi connectivity index (χ0) is 18.0. The van der Waals surface area contributed by atoms with Gasteiger partial charge >= 0.3 is 0 Å². The van der Waals surface area contributed by atoms with Crippen molar-refractivity contribution in [1.82, 2.24) is 19.7 Å². The normalized spacial score (nSPS) is 19.6. The molecule has 1 N–H and O–H groups in total. The van der Waals surface area contributed by atoms with Crippen LogP contribution in [0.4, 0.5) is 8.78 Å². The van der Waals surface area contributed by atoms with Gasteiger partial charge in [-0.1, -0.05) is 18.2 Å². The minimum Gasteiger partial charge on any atom is -0.381 e. The molecule has 1 unspecified atom stereocenters. The Morgan fingerprint density at radius 3 is 2.64 bits per heavy atom. The lowest BCUT2D eigenvalue weighted by molar-refractivity contribution is -0.0657. The third-order valence-corrected chi connectivity index (χ3v) is 5.01. The molecular weight excluding hydrogens is 326 g/mol. The summed E-state index contributed by atoms with van der Waals surface area (Å²) in [5, 5.41) is 15.5. The van der Waals surface area contributed by atoms with E-state index in [1.165, 1.54) is 29.0 Å². The monoisotopic (exact) mass is 348 g/mol. The Morgan fingerprint density at radius 1 is 1.32 bits per heavy atom. The van der Waals surface area contributed by atoms with Crippen molar-refractivity contribution in [1.29, 1.82) is 0 Å². The molecule has 0 amide bonds. The highest BCUT2D eigenvalue weighted by Gasteiger charge is 2.42. The van der Waals surface area contributed by atoms with Crippen LogP contribution in [0, 0.1) is 11.6 Å². The Balaban J connectivity index is 1.97. The number of piperidine rings is 1. The van der Waals surface area contributed by atoms with E-state index in [0.717, 1.165) is 38.1 Å². The van der Waals surface area contributed by atoms with Gasteiger partial charge in [0.15, 0.2) is 0 Å². The summed E-state index contributed by atoms with van der Waals surface area (Å²) in [5.74, 6) is -1.44. The van der Waals surface area contributed by atoms with Gasteiger partial charge in [0.1, 0.15) is 29.9 Å². The van der Waals surface area contributed by atoms with Crippen LogP contribution in [0.1, 0.15) is 25.3 Å². The van der Waals surface area contributed by atoms with E-state index >= 15 is 0 Å². The van der Waals surface area contributed by atoms with Crippen molar-refractivity contribution in [3.63, 3.8) is 0 Å². The van der Waals surface area contributed by atoms with Crippen LogP contribution in [0.25, 0.3) is 0 Å². The Labute approximate surface area is 145 Å². The third kappa shape index (κ3) is 3.62. The van der Waals surface area contributed by atoms with Crippen LogP contribution in [0.2, 0.25) is 0 Å². The van der Waals surface area contributed by atoms with Crippen LogP contribution in [0.3, 0.4) is 0 Å². The lowest BCUT2D eigenvalue weighted by Crippen LogP contribution is -2.53. The first-order valence-corrected chi connectivity index (χ1v) is 8.31. The van der Waals surface area contributed by atoms with Gasteiger partial charge in [0.05, 0.1) is 6.54 Å². The fourth-order valence-electron chi connectivity index (χ4n) is 3.37. The maximum absolute atomic E-state index is 14.5. The molecule has 1 aliphatic heterocycles. The molecule has 0 saturated carbocycles. The maximum atomic E-state index is 14.5. The van der Waals surface area contributed by atoms with Crippen LogP contribution in [-0.4, -0.2) is 43.9 Å². The molecule has 1 saturated heterocycles. The molecule has 5 nitrogen and oxygen atoms in total. The minimum absolute atomic E-state index is 0.0220. The lowest BCUT2D eigenvalue weighted by atomic mass is 9.84. The van der Waals surface area contributed by atoms with Crippen LogP contribution < -0.4 is 0 Å². The van der Waals surface area contributed by atoms with E-state index in [-0.39, 0.29) is 12.1 Å². The van der Waals surface area contributed by atoms with E-state index in [1.54, 1.807) is 0 Å². The molecule has 2 atom stereocenters. The lowest BCUT2D eigenvalue weighted by Gasteiger charge is -2.43. The molecule has 0 aliphatic carbocycles. The summed E-state index contributed by atoms with van der Waals surface area (Å²) >= 11 is 0. The van der Waals surface area contributed by atoms with Crippen LogP contribution >= 0.6 is 0 Å². The third-order valence-electron chi connectivity index (χ3n) is 5.01. The van der Waals surface area contributed by atoms with Crippen molar-refractivity contribution in [2.24, 2.45) is 0 Å². The van der Waals surface area contributed by atoms with Crippen molar-refractivity contribution in [2.45, 2.75) is 38.0 Å². The van der Waals surface area contributed by atoms with Gasteiger partial charge in [-0.05, 0) is 25.8 Å². The standard InChI is InChI=1S/C18H22F2N4O/c1-13-5-7-23(8-6-13)14(2)18(25,10-24-12-21-11-22-24)16-4-3-15(19)9-17(16)20/h3-4,9,11-12,14,25H,1,5-8,10H2,2H3/t14-,18?/m0/s1. The smallest absolute Gasteiger partial charge is 0.137 e. The predicted molar refractivity (Wildman–Crippen MR) is 89.7 cm³/mol. The fourth-order valence-corrected chi connectivity index (χ4v) is 3.37. The number of nitrogens with zero attached hydrogens (tertiary/aromatic N) is 4. The second kappa shape index (κ2) is 7.01. The predicted octanol–water partition coefficient (Wildman–Crippen LogP) is 2.48. The minimum atomic E-state index is -1.58. The highest BCUT2D eigenvalue weighted by Crippen LogP contribution is 2.34. The molecule has 1 fully saturated rings. The summed E-state index contributed by atoms with van der Waals surface area (Å²) in [7, 11) is 0. The molecule has 25 heavy (non-hydrogen) atoms. The molecule has 1 aliphatic rings. The van der Waals surface area contributed by atoms with Crippen LogP contribution in [-0.2, 0) is 12.1 Å². The molecule has 0 radical (unpaired) electrons. The molecule has 2 heterocycles. The second-order valence-electron chi connectivity index (χ2n) is 6.60. The summed E-state index contributed by atoms with van der Waals surface area (Å²) in [6.45, 7) is 7.35. The van der Waals surface area contributed by atoms with Gasteiger partial charge < -0.3 is 5.11 Å². The van der Waals surface area contributed by atoms with E-state index in [0.29, 0.717) is 0 Å². The first kappa shape index (κ1) is 17.7. The zero-order valence-corrected chi connectivity index (χ0v) is 14.2. The molecule has 2 aromatic rings. The maximum Gasteiger partial charge on any atom is 0.137 e. The SMILES string of the molecule is C=C1CCN([C@@H](C)C(O)(Cn2cncn2)c2ccc(F)cc2F)CC1. The van der Waals surface area contributed by atoms with Crippen LogP contribution in [0.5, 0.6) is 0 Å². The van der Waals surface area contributed by atoms with Gasteiger partial charge in [-0.3, -0.25) is 4.90 Å². The van der Waals surface area contributed by atoms with E-state index in [4.69, 9.17) is 0 Å². The van der Waals surface area contributed by atoms with E-state index in [2.05, 4.69) is 21.6 Å². The number of aromatic nitrogens is 3. The number of rotatable bonds is 5. The topological polar surface area (TPSA) is 54.2 Å². The van der Waals surface area contributed by atoms with E-state index in [1.807, 2.05) is 6.92 Å². The number of halogens is 2. The number of likely N-dealkylation sites (tertiary alicyclic amines) is 1. The van der Waals surface area contributed by atoms with Gasteiger partial charge in [0.2, 0.25) is 0 Å². The molecule has 1 aromatic heterocycles. The number of hydrogen-bond donors (Lipinski definition) is 1. The highest BCUT2D eigenvalue weighted by atomic mass is 19.1.